The molecule has 1 heterocycles. The van der Waals surface area contributed by atoms with Crippen molar-refractivity contribution < 1.29 is 4.79 Å². The van der Waals surface area contributed by atoms with Crippen LogP contribution >= 0.6 is 22.6 Å². The Kier molecular flexibility index (Phi) is 5.21. The van der Waals surface area contributed by atoms with Crippen molar-refractivity contribution in [2.45, 2.75) is 19.8 Å². The molecule has 0 radical (unpaired) electrons. The first kappa shape index (κ1) is 14.8. The molecule has 0 aliphatic carbocycles. The molecule has 3 nitrogen and oxygen atoms in total. The minimum absolute atomic E-state index is 0.189. The lowest BCUT2D eigenvalue weighted by Gasteiger charge is -2.33. The summed E-state index contributed by atoms with van der Waals surface area (Å²) in [7, 11) is 1.98. The van der Waals surface area contributed by atoms with E-state index in [-0.39, 0.29) is 5.91 Å². The topological polar surface area (TPSA) is 32.3 Å². The van der Waals surface area contributed by atoms with Gasteiger partial charge < -0.3 is 10.2 Å². The zero-order valence-electron chi connectivity index (χ0n) is 11.6. The number of hydrogen-bond donors (Lipinski definition) is 1. The second kappa shape index (κ2) is 6.70. The first-order valence-electron chi connectivity index (χ1n) is 6.82. The van der Waals surface area contributed by atoms with Crippen LogP contribution in [0.25, 0.3) is 0 Å². The van der Waals surface area contributed by atoms with Gasteiger partial charge in [-0.15, -0.1) is 0 Å². The van der Waals surface area contributed by atoms with Crippen LogP contribution in [-0.2, 0) is 0 Å². The molecular weight excluding hydrogens is 351 g/mol. The molecule has 0 aromatic heterocycles. The summed E-state index contributed by atoms with van der Waals surface area (Å²) >= 11 is 2.25. The average molecular weight is 372 g/mol. The van der Waals surface area contributed by atoms with Crippen LogP contribution in [0.4, 0.5) is 0 Å². The molecule has 0 saturated carbocycles. The fourth-order valence-corrected chi connectivity index (χ4v) is 3.24. The molecule has 1 aliphatic heterocycles. The van der Waals surface area contributed by atoms with Crippen molar-refractivity contribution in [3.8, 4) is 0 Å². The van der Waals surface area contributed by atoms with E-state index in [2.05, 4.69) is 34.0 Å². The summed E-state index contributed by atoms with van der Waals surface area (Å²) in [6.45, 7) is 4.80. The molecular formula is C15H21IN2O. The van der Waals surface area contributed by atoms with Crippen molar-refractivity contribution in [1.82, 2.24) is 10.2 Å². The molecule has 1 N–H and O–H groups in total. The van der Waals surface area contributed by atoms with Gasteiger partial charge >= 0.3 is 0 Å². The number of benzene rings is 1. The largest absolute Gasteiger partial charge is 0.338 e. The standard InChI is InChI=1S/C15H21IN2O/c1-11-5-6-14(16)13(8-11)15(19)18-7-3-4-12(10-18)9-17-2/h5-6,8,12,17H,3-4,7,9-10H2,1-2H3. The molecule has 1 unspecified atom stereocenters. The second-order valence-electron chi connectivity index (χ2n) is 5.30. The summed E-state index contributed by atoms with van der Waals surface area (Å²) in [6.07, 6.45) is 2.33. The summed E-state index contributed by atoms with van der Waals surface area (Å²) in [5.74, 6) is 0.777. The van der Waals surface area contributed by atoms with E-state index in [0.717, 1.165) is 40.8 Å². The predicted molar refractivity (Wildman–Crippen MR) is 86.5 cm³/mol. The van der Waals surface area contributed by atoms with E-state index >= 15 is 0 Å². The second-order valence-corrected chi connectivity index (χ2v) is 6.46. The minimum atomic E-state index is 0.189. The quantitative estimate of drug-likeness (QED) is 0.828. The summed E-state index contributed by atoms with van der Waals surface area (Å²) in [5.41, 5.74) is 2.00. The highest BCUT2D eigenvalue weighted by Crippen LogP contribution is 2.21. The number of carbonyl (C=O) groups is 1. The van der Waals surface area contributed by atoms with Crippen LogP contribution < -0.4 is 5.32 Å². The molecule has 2 rings (SSSR count). The number of aryl methyl sites for hydroxylation is 1. The van der Waals surface area contributed by atoms with Gasteiger partial charge in [0.2, 0.25) is 0 Å². The van der Waals surface area contributed by atoms with Gasteiger partial charge in [-0.3, -0.25) is 4.79 Å². The number of likely N-dealkylation sites (tertiary alicyclic amines) is 1. The maximum atomic E-state index is 12.6. The molecule has 1 aliphatic rings. The molecule has 4 heteroatoms. The predicted octanol–water partition coefficient (Wildman–Crippen LogP) is 2.67. The number of nitrogens with one attached hydrogen (secondary N) is 1. The number of carbonyl (C=O) groups excluding carboxylic acids is 1. The van der Waals surface area contributed by atoms with Crippen molar-refractivity contribution in [2.24, 2.45) is 5.92 Å². The van der Waals surface area contributed by atoms with Crippen molar-refractivity contribution in [1.29, 1.82) is 0 Å². The van der Waals surface area contributed by atoms with Gasteiger partial charge in [-0.2, -0.15) is 0 Å². The van der Waals surface area contributed by atoms with Crippen LogP contribution in [0, 0.1) is 16.4 Å². The summed E-state index contributed by atoms with van der Waals surface area (Å²) < 4.78 is 1.05. The van der Waals surface area contributed by atoms with Crippen LogP contribution in [0.2, 0.25) is 0 Å². The third-order valence-corrected chi connectivity index (χ3v) is 4.59. The maximum absolute atomic E-state index is 12.6. The van der Waals surface area contributed by atoms with E-state index in [4.69, 9.17) is 0 Å². The Bertz CT molecular complexity index is 459. The number of rotatable bonds is 3. The maximum Gasteiger partial charge on any atom is 0.254 e. The number of nitrogens with zero attached hydrogens (tertiary/aromatic N) is 1. The van der Waals surface area contributed by atoms with E-state index in [1.54, 1.807) is 0 Å². The van der Waals surface area contributed by atoms with Gasteiger partial charge in [0.05, 0.1) is 5.56 Å². The lowest BCUT2D eigenvalue weighted by atomic mass is 9.97. The Morgan fingerprint density at radius 1 is 1.53 bits per heavy atom. The number of piperidine rings is 1. The summed E-state index contributed by atoms with van der Waals surface area (Å²) in [6, 6.07) is 6.09. The summed E-state index contributed by atoms with van der Waals surface area (Å²) in [5, 5.41) is 3.22. The van der Waals surface area contributed by atoms with Gasteiger partial charge in [-0.05, 0) is 74.0 Å². The van der Waals surface area contributed by atoms with E-state index < -0.39 is 0 Å². The molecule has 1 saturated heterocycles. The van der Waals surface area contributed by atoms with E-state index in [1.165, 1.54) is 6.42 Å². The Balaban J connectivity index is 2.12. The molecule has 0 spiro atoms. The van der Waals surface area contributed by atoms with Gasteiger partial charge in [0, 0.05) is 16.7 Å². The number of halogens is 1. The van der Waals surface area contributed by atoms with Crippen molar-refractivity contribution >= 4 is 28.5 Å². The highest BCUT2D eigenvalue weighted by molar-refractivity contribution is 14.1. The Hall–Kier alpha value is -0.620. The average Bonchev–Trinajstić information content (AvgIpc) is 2.41. The van der Waals surface area contributed by atoms with Crippen molar-refractivity contribution in [3.05, 3.63) is 32.9 Å². The third kappa shape index (κ3) is 3.69. The fraction of sp³-hybridized carbons (Fsp3) is 0.533. The first-order chi connectivity index (χ1) is 9.11. The van der Waals surface area contributed by atoms with Crippen LogP contribution in [-0.4, -0.2) is 37.5 Å². The van der Waals surface area contributed by atoms with Gasteiger partial charge in [-0.1, -0.05) is 11.6 Å². The van der Waals surface area contributed by atoms with E-state index in [9.17, 15) is 4.79 Å². The Morgan fingerprint density at radius 3 is 3.05 bits per heavy atom. The monoisotopic (exact) mass is 372 g/mol. The van der Waals surface area contributed by atoms with Gasteiger partial charge in [0.1, 0.15) is 0 Å². The van der Waals surface area contributed by atoms with Crippen LogP contribution in [0.15, 0.2) is 18.2 Å². The van der Waals surface area contributed by atoms with Crippen molar-refractivity contribution in [3.63, 3.8) is 0 Å². The summed E-state index contributed by atoms with van der Waals surface area (Å²) in [4.78, 5) is 14.6. The minimum Gasteiger partial charge on any atom is -0.338 e. The zero-order valence-corrected chi connectivity index (χ0v) is 13.7. The molecule has 19 heavy (non-hydrogen) atoms. The van der Waals surface area contributed by atoms with E-state index in [1.807, 2.05) is 31.0 Å². The van der Waals surface area contributed by atoms with Crippen molar-refractivity contribution in [2.75, 3.05) is 26.7 Å². The first-order valence-corrected chi connectivity index (χ1v) is 7.89. The molecule has 1 amide bonds. The van der Waals surface area contributed by atoms with Gasteiger partial charge in [0.15, 0.2) is 0 Å². The molecule has 1 aromatic rings. The highest BCUT2D eigenvalue weighted by Gasteiger charge is 2.25. The lowest BCUT2D eigenvalue weighted by Crippen LogP contribution is -2.42. The van der Waals surface area contributed by atoms with Crippen LogP contribution in [0.5, 0.6) is 0 Å². The molecule has 0 bridgehead atoms. The third-order valence-electron chi connectivity index (χ3n) is 3.65. The zero-order chi connectivity index (χ0) is 13.8. The molecule has 1 fully saturated rings. The van der Waals surface area contributed by atoms with Gasteiger partial charge in [0.25, 0.3) is 5.91 Å². The normalized spacial score (nSPS) is 19.5. The Morgan fingerprint density at radius 2 is 2.32 bits per heavy atom. The lowest BCUT2D eigenvalue weighted by molar-refractivity contribution is 0.0673. The number of hydrogen-bond acceptors (Lipinski definition) is 2. The highest BCUT2D eigenvalue weighted by atomic mass is 127. The Labute approximate surface area is 128 Å². The van der Waals surface area contributed by atoms with Crippen LogP contribution in [0.1, 0.15) is 28.8 Å². The fourth-order valence-electron chi connectivity index (χ4n) is 2.68. The number of amides is 1. The molecule has 1 atom stereocenters. The SMILES string of the molecule is CNCC1CCCN(C(=O)c2cc(C)ccc2I)C1. The molecule has 104 valence electrons. The molecule has 1 aromatic carbocycles. The smallest absolute Gasteiger partial charge is 0.254 e. The van der Waals surface area contributed by atoms with Crippen LogP contribution in [0.3, 0.4) is 0 Å². The van der Waals surface area contributed by atoms with Gasteiger partial charge in [-0.25, -0.2) is 0 Å². The van der Waals surface area contributed by atoms with E-state index in [0.29, 0.717) is 5.92 Å².